The first kappa shape index (κ1) is 12.2. The summed E-state index contributed by atoms with van der Waals surface area (Å²) >= 11 is 1.97. The van der Waals surface area contributed by atoms with Gasteiger partial charge in [-0.1, -0.05) is 0 Å². The number of carbonyl (C=O) groups excluding carboxylic acids is 1. The second-order valence-electron chi connectivity index (χ2n) is 4.28. The number of hydrogen-bond donors (Lipinski definition) is 2. The number of thioether (sulfide) groups is 1. The predicted octanol–water partition coefficient (Wildman–Crippen LogP) is 2.14. The fourth-order valence-corrected chi connectivity index (χ4v) is 3.09. The average molecular weight is 251 g/mol. The summed E-state index contributed by atoms with van der Waals surface area (Å²) in [6.07, 6.45) is 4.44. The Bertz CT molecular complexity index is 374. The SMILES string of the molecule is Nc1ccc(NC(=O)CC2CCSCC2)nc1. The van der Waals surface area contributed by atoms with E-state index in [0.717, 1.165) is 12.8 Å². The van der Waals surface area contributed by atoms with Gasteiger partial charge in [-0.25, -0.2) is 4.98 Å². The molecule has 3 N–H and O–H groups in total. The molecule has 1 fully saturated rings. The van der Waals surface area contributed by atoms with E-state index in [1.807, 2.05) is 11.8 Å². The number of rotatable bonds is 3. The number of nitrogens with two attached hydrogens (primary N) is 1. The van der Waals surface area contributed by atoms with Gasteiger partial charge in [-0.05, 0) is 42.4 Å². The van der Waals surface area contributed by atoms with Crippen molar-refractivity contribution in [1.29, 1.82) is 0 Å². The minimum Gasteiger partial charge on any atom is -0.397 e. The lowest BCUT2D eigenvalue weighted by Crippen LogP contribution is -2.20. The Kier molecular flexibility index (Phi) is 4.25. The van der Waals surface area contributed by atoms with Crippen LogP contribution in [0.4, 0.5) is 11.5 Å². The number of nitrogens with zero attached hydrogens (tertiary/aromatic N) is 1. The second-order valence-corrected chi connectivity index (χ2v) is 5.51. The van der Waals surface area contributed by atoms with Crippen molar-refractivity contribution in [2.24, 2.45) is 5.92 Å². The molecule has 0 saturated carbocycles. The molecule has 1 aromatic heterocycles. The van der Waals surface area contributed by atoms with Crippen molar-refractivity contribution in [2.45, 2.75) is 19.3 Å². The van der Waals surface area contributed by atoms with E-state index in [4.69, 9.17) is 5.73 Å². The second kappa shape index (κ2) is 5.91. The van der Waals surface area contributed by atoms with Crippen LogP contribution in [0.25, 0.3) is 0 Å². The zero-order chi connectivity index (χ0) is 12.1. The van der Waals surface area contributed by atoms with Gasteiger partial charge in [-0.15, -0.1) is 0 Å². The molecule has 2 rings (SSSR count). The normalized spacial score (nSPS) is 16.7. The van der Waals surface area contributed by atoms with Gasteiger partial charge in [0.2, 0.25) is 5.91 Å². The molecular weight excluding hydrogens is 234 g/mol. The van der Waals surface area contributed by atoms with Crippen LogP contribution in [0.3, 0.4) is 0 Å². The minimum absolute atomic E-state index is 0.0548. The van der Waals surface area contributed by atoms with Crippen molar-refractivity contribution in [3.8, 4) is 0 Å². The van der Waals surface area contributed by atoms with Gasteiger partial charge in [0.15, 0.2) is 0 Å². The maximum Gasteiger partial charge on any atom is 0.225 e. The molecule has 0 unspecified atom stereocenters. The quantitative estimate of drug-likeness (QED) is 0.863. The molecule has 1 amide bonds. The number of anilines is 2. The van der Waals surface area contributed by atoms with Crippen LogP contribution < -0.4 is 11.1 Å². The summed E-state index contributed by atoms with van der Waals surface area (Å²) in [4.78, 5) is 15.8. The monoisotopic (exact) mass is 251 g/mol. The first-order chi connectivity index (χ1) is 8.24. The van der Waals surface area contributed by atoms with Gasteiger partial charge in [0.25, 0.3) is 0 Å². The lowest BCUT2D eigenvalue weighted by atomic mass is 9.98. The standard InChI is InChI=1S/C12H17N3OS/c13-10-1-2-11(14-8-10)15-12(16)7-9-3-5-17-6-4-9/h1-2,8-9H,3-7,13H2,(H,14,15,16). The smallest absolute Gasteiger partial charge is 0.225 e. The van der Waals surface area contributed by atoms with E-state index in [2.05, 4.69) is 10.3 Å². The molecule has 4 nitrogen and oxygen atoms in total. The van der Waals surface area contributed by atoms with Crippen LogP contribution in [0.2, 0.25) is 0 Å². The van der Waals surface area contributed by atoms with Crippen molar-refractivity contribution in [1.82, 2.24) is 4.98 Å². The van der Waals surface area contributed by atoms with Crippen LogP contribution in [0, 0.1) is 5.92 Å². The predicted molar refractivity (Wildman–Crippen MR) is 71.9 cm³/mol. The van der Waals surface area contributed by atoms with Crippen LogP contribution in [0.1, 0.15) is 19.3 Å². The van der Waals surface area contributed by atoms with Crippen LogP contribution >= 0.6 is 11.8 Å². The molecule has 17 heavy (non-hydrogen) atoms. The molecule has 92 valence electrons. The van der Waals surface area contributed by atoms with E-state index >= 15 is 0 Å². The third-order valence-corrected chi connectivity index (χ3v) is 3.92. The third kappa shape index (κ3) is 3.93. The maximum absolute atomic E-state index is 11.8. The van der Waals surface area contributed by atoms with Gasteiger partial charge in [-0.2, -0.15) is 11.8 Å². The van der Waals surface area contributed by atoms with E-state index in [-0.39, 0.29) is 5.91 Å². The van der Waals surface area contributed by atoms with E-state index < -0.39 is 0 Å². The number of hydrogen-bond acceptors (Lipinski definition) is 4. The Labute approximate surface area is 105 Å². The molecule has 1 saturated heterocycles. The van der Waals surface area contributed by atoms with Crippen molar-refractivity contribution >= 4 is 29.2 Å². The summed E-state index contributed by atoms with van der Waals surface area (Å²) in [5.41, 5.74) is 6.13. The van der Waals surface area contributed by atoms with Crippen LogP contribution in [0.5, 0.6) is 0 Å². The summed E-state index contributed by atoms with van der Waals surface area (Å²) in [5.74, 6) is 3.52. The van der Waals surface area contributed by atoms with E-state index in [1.165, 1.54) is 11.5 Å². The number of nitrogen functional groups attached to an aromatic ring is 1. The topological polar surface area (TPSA) is 68.0 Å². The molecule has 2 heterocycles. The molecule has 1 aliphatic rings. The van der Waals surface area contributed by atoms with Crippen molar-refractivity contribution in [3.05, 3.63) is 18.3 Å². The highest BCUT2D eigenvalue weighted by Crippen LogP contribution is 2.25. The van der Waals surface area contributed by atoms with Crippen LogP contribution in [-0.2, 0) is 4.79 Å². The molecule has 0 atom stereocenters. The zero-order valence-electron chi connectivity index (χ0n) is 9.69. The van der Waals surface area contributed by atoms with Gasteiger partial charge in [0, 0.05) is 6.42 Å². The zero-order valence-corrected chi connectivity index (χ0v) is 10.5. The Morgan fingerprint density at radius 1 is 1.47 bits per heavy atom. The van der Waals surface area contributed by atoms with Crippen molar-refractivity contribution < 1.29 is 4.79 Å². The largest absolute Gasteiger partial charge is 0.397 e. The molecule has 0 bridgehead atoms. The summed E-state index contributed by atoms with van der Waals surface area (Å²) in [7, 11) is 0. The lowest BCUT2D eigenvalue weighted by Gasteiger charge is -2.20. The van der Waals surface area contributed by atoms with Crippen molar-refractivity contribution in [2.75, 3.05) is 22.6 Å². The van der Waals surface area contributed by atoms with Crippen molar-refractivity contribution in [3.63, 3.8) is 0 Å². The van der Waals surface area contributed by atoms with E-state index in [1.54, 1.807) is 18.3 Å². The van der Waals surface area contributed by atoms with E-state index in [9.17, 15) is 4.79 Å². The molecule has 5 heteroatoms. The van der Waals surface area contributed by atoms with E-state index in [0.29, 0.717) is 23.8 Å². The fourth-order valence-electron chi connectivity index (χ4n) is 1.89. The number of amides is 1. The van der Waals surface area contributed by atoms with Gasteiger partial charge in [0.05, 0.1) is 11.9 Å². The molecule has 0 aromatic carbocycles. The molecule has 0 spiro atoms. The molecule has 0 radical (unpaired) electrons. The highest BCUT2D eigenvalue weighted by atomic mass is 32.2. The van der Waals surface area contributed by atoms with Gasteiger partial charge >= 0.3 is 0 Å². The Hall–Kier alpha value is -1.23. The van der Waals surface area contributed by atoms with Crippen LogP contribution in [0.15, 0.2) is 18.3 Å². The molecular formula is C12H17N3OS. The van der Waals surface area contributed by atoms with Crippen LogP contribution in [-0.4, -0.2) is 22.4 Å². The number of carbonyl (C=O) groups is 1. The number of aromatic nitrogens is 1. The minimum atomic E-state index is 0.0548. The lowest BCUT2D eigenvalue weighted by molar-refractivity contribution is -0.117. The highest BCUT2D eigenvalue weighted by Gasteiger charge is 2.17. The molecule has 1 aromatic rings. The Morgan fingerprint density at radius 2 is 2.24 bits per heavy atom. The number of pyridine rings is 1. The Morgan fingerprint density at radius 3 is 2.88 bits per heavy atom. The first-order valence-corrected chi connectivity index (χ1v) is 6.98. The summed E-state index contributed by atoms with van der Waals surface area (Å²) in [6, 6.07) is 3.46. The number of nitrogens with one attached hydrogen (secondary N) is 1. The molecule has 1 aliphatic heterocycles. The average Bonchev–Trinajstić information content (AvgIpc) is 2.33. The summed E-state index contributed by atoms with van der Waals surface area (Å²) in [5, 5.41) is 2.80. The van der Waals surface area contributed by atoms with Gasteiger partial charge < -0.3 is 11.1 Å². The fraction of sp³-hybridized carbons (Fsp3) is 0.500. The Balaban J connectivity index is 1.82. The van der Waals surface area contributed by atoms with Gasteiger partial charge in [-0.3, -0.25) is 4.79 Å². The summed E-state index contributed by atoms with van der Waals surface area (Å²) < 4.78 is 0. The van der Waals surface area contributed by atoms with Gasteiger partial charge in [0.1, 0.15) is 5.82 Å². The maximum atomic E-state index is 11.8. The first-order valence-electron chi connectivity index (χ1n) is 5.83. The summed E-state index contributed by atoms with van der Waals surface area (Å²) in [6.45, 7) is 0. The molecule has 0 aliphatic carbocycles. The highest BCUT2D eigenvalue weighted by molar-refractivity contribution is 7.99. The third-order valence-electron chi connectivity index (χ3n) is 2.87.